The summed E-state index contributed by atoms with van der Waals surface area (Å²) in [7, 11) is 1.85. The van der Waals surface area contributed by atoms with Gasteiger partial charge in [0, 0.05) is 24.2 Å². The van der Waals surface area contributed by atoms with Crippen molar-refractivity contribution in [3.63, 3.8) is 0 Å². The van der Waals surface area contributed by atoms with Crippen LogP contribution in [0.2, 0.25) is 0 Å². The fourth-order valence-electron chi connectivity index (χ4n) is 4.52. The van der Waals surface area contributed by atoms with E-state index in [2.05, 4.69) is 6.07 Å². The molecule has 3 heterocycles. The van der Waals surface area contributed by atoms with Crippen LogP contribution in [0.1, 0.15) is 29.7 Å². The zero-order valence-electron chi connectivity index (χ0n) is 15.6. The molecule has 2 aromatic carbocycles. The Balaban J connectivity index is 1.77. The molecule has 0 bridgehead atoms. The van der Waals surface area contributed by atoms with Crippen LogP contribution >= 0.6 is 0 Å². The number of aromatic nitrogens is 2. The normalized spacial score (nSPS) is 23.3. The number of amides is 1. The topological polar surface area (TPSA) is 47.4 Å². The number of para-hydroxylation sites is 2. The van der Waals surface area contributed by atoms with Gasteiger partial charge < -0.3 is 9.64 Å². The van der Waals surface area contributed by atoms with E-state index < -0.39 is 0 Å². The SMILES string of the molecule is Cc1nn(-c2ccccc2)c2c1[C@@H]1c3ccccc3N(C)C(=O)[C@@H]1[C@@H](C)O2. The Morgan fingerprint density at radius 1 is 1.04 bits per heavy atom. The van der Waals surface area contributed by atoms with E-state index in [0.29, 0.717) is 0 Å². The van der Waals surface area contributed by atoms with Gasteiger partial charge in [-0.15, -0.1) is 0 Å². The average Bonchev–Trinajstić information content (AvgIpc) is 3.02. The first-order valence-corrected chi connectivity index (χ1v) is 9.26. The molecular formula is C22H21N3O2. The van der Waals surface area contributed by atoms with Crippen molar-refractivity contribution in [2.45, 2.75) is 25.9 Å². The first-order valence-electron chi connectivity index (χ1n) is 9.26. The maximum Gasteiger partial charge on any atom is 0.234 e. The summed E-state index contributed by atoms with van der Waals surface area (Å²) in [5.41, 5.74) is 5.02. The Morgan fingerprint density at radius 2 is 1.74 bits per heavy atom. The molecule has 0 N–H and O–H groups in total. The lowest BCUT2D eigenvalue weighted by molar-refractivity contribution is -0.126. The summed E-state index contributed by atoms with van der Waals surface area (Å²) in [5.74, 6) is 0.564. The Hall–Kier alpha value is -3.08. The van der Waals surface area contributed by atoms with Gasteiger partial charge in [-0.25, -0.2) is 4.68 Å². The number of aryl methyl sites for hydroxylation is 1. The number of carbonyl (C=O) groups is 1. The van der Waals surface area contributed by atoms with Gasteiger partial charge in [0.2, 0.25) is 11.8 Å². The zero-order chi connectivity index (χ0) is 18.7. The van der Waals surface area contributed by atoms with Crippen LogP contribution in [0, 0.1) is 12.8 Å². The summed E-state index contributed by atoms with van der Waals surface area (Å²) < 4.78 is 8.16. The van der Waals surface area contributed by atoms with Gasteiger partial charge in [0.25, 0.3) is 0 Å². The number of nitrogens with zero attached hydrogens (tertiary/aromatic N) is 3. The number of rotatable bonds is 1. The molecule has 136 valence electrons. The summed E-state index contributed by atoms with van der Waals surface area (Å²) in [5, 5.41) is 4.77. The Kier molecular flexibility index (Phi) is 3.41. The Bertz CT molecular complexity index is 1040. The van der Waals surface area contributed by atoms with Crippen molar-refractivity contribution in [3.8, 4) is 11.6 Å². The lowest BCUT2D eigenvalue weighted by Gasteiger charge is -2.43. The van der Waals surface area contributed by atoms with Crippen molar-refractivity contribution in [3.05, 3.63) is 71.4 Å². The maximum absolute atomic E-state index is 13.1. The van der Waals surface area contributed by atoms with Crippen molar-refractivity contribution in [1.82, 2.24) is 9.78 Å². The molecule has 0 saturated heterocycles. The molecule has 0 fully saturated rings. The first-order chi connectivity index (χ1) is 13.1. The van der Waals surface area contributed by atoms with Gasteiger partial charge in [0.1, 0.15) is 6.10 Å². The number of hydrogen-bond donors (Lipinski definition) is 0. The molecule has 0 saturated carbocycles. The lowest BCUT2D eigenvalue weighted by Crippen LogP contribution is -2.49. The minimum atomic E-state index is -0.246. The number of hydrogen-bond acceptors (Lipinski definition) is 3. The highest BCUT2D eigenvalue weighted by molar-refractivity contribution is 5.99. The second-order valence-electron chi connectivity index (χ2n) is 7.33. The van der Waals surface area contributed by atoms with Crippen molar-refractivity contribution in [1.29, 1.82) is 0 Å². The number of ether oxygens (including phenoxy) is 1. The fraction of sp³-hybridized carbons (Fsp3) is 0.273. The highest BCUT2D eigenvalue weighted by Crippen LogP contribution is 2.51. The van der Waals surface area contributed by atoms with Crippen LogP contribution in [0.5, 0.6) is 5.88 Å². The zero-order valence-corrected chi connectivity index (χ0v) is 15.6. The van der Waals surface area contributed by atoms with Crippen LogP contribution in [0.25, 0.3) is 5.69 Å². The van der Waals surface area contributed by atoms with E-state index in [0.717, 1.165) is 34.1 Å². The van der Waals surface area contributed by atoms with E-state index in [1.165, 1.54) is 0 Å². The quantitative estimate of drug-likeness (QED) is 0.666. The summed E-state index contributed by atoms with van der Waals surface area (Å²) in [6.45, 7) is 3.98. The van der Waals surface area contributed by atoms with Gasteiger partial charge in [-0.2, -0.15) is 5.10 Å². The molecule has 3 atom stereocenters. The van der Waals surface area contributed by atoms with E-state index in [9.17, 15) is 4.79 Å². The third kappa shape index (κ3) is 2.17. The molecule has 1 amide bonds. The largest absolute Gasteiger partial charge is 0.473 e. The first kappa shape index (κ1) is 16.1. The van der Waals surface area contributed by atoms with Crippen LogP contribution in [-0.2, 0) is 4.79 Å². The summed E-state index contributed by atoms with van der Waals surface area (Å²) in [4.78, 5) is 14.9. The molecule has 5 heteroatoms. The number of fused-ring (bicyclic) bond motifs is 5. The second kappa shape index (κ2) is 5.71. The van der Waals surface area contributed by atoms with Crippen molar-refractivity contribution < 1.29 is 9.53 Å². The second-order valence-corrected chi connectivity index (χ2v) is 7.33. The molecule has 3 aromatic rings. The number of anilines is 1. The third-order valence-electron chi connectivity index (χ3n) is 5.79. The minimum absolute atomic E-state index is 0.0406. The van der Waals surface area contributed by atoms with Crippen LogP contribution in [-0.4, -0.2) is 28.8 Å². The molecule has 0 radical (unpaired) electrons. The molecular weight excluding hydrogens is 338 g/mol. The van der Waals surface area contributed by atoms with Gasteiger partial charge in [-0.05, 0) is 37.6 Å². The van der Waals surface area contributed by atoms with Crippen molar-refractivity contribution in [2.24, 2.45) is 5.92 Å². The van der Waals surface area contributed by atoms with Gasteiger partial charge in [0.15, 0.2) is 0 Å². The van der Waals surface area contributed by atoms with Crippen molar-refractivity contribution >= 4 is 11.6 Å². The van der Waals surface area contributed by atoms with Crippen LogP contribution in [0.3, 0.4) is 0 Å². The Morgan fingerprint density at radius 3 is 2.52 bits per heavy atom. The minimum Gasteiger partial charge on any atom is -0.473 e. The van der Waals surface area contributed by atoms with Gasteiger partial charge in [-0.3, -0.25) is 4.79 Å². The molecule has 0 unspecified atom stereocenters. The third-order valence-corrected chi connectivity index (χ3v) is 5.79. The molecule has 1 aromatic heterocycles. The fourth-order valence-corrected chi connectivity index (χ4v) is 4.52. The van der Waals surface area contributed by atoms with E-state index in [1.54, 1.807) is 4.90 Å². The summed E-state index contributed by atoms with van der Waals surface area (Å²) in [6, 6.07) is 18.1. The monoisotopic (exact) mass is 359 g/mol. The highest BCUT2D eigenvalue weighted by Gasteiger charge is 2.49. The van der Waals surface area contributed by atoms with Crippen LogP contribution < -0.4 is 9.64 Å². The predicted molar refractivity (Wildman–Crippen MR) is 104 cm³/mol. The molecule has 5 rings (SSSR count). The summed E-state index contributed by atoms with van der Waals surface area (Å²) >= 11 is 0. The van der Waals surface area contributed by atoms with Crippen LogP contribution in [0.4, 0.5) is 5.69 Å². The molecule has 2 aliphatic rings. The van der Waals surface area contributed by atoms with Crippen molar-refractivity contribution in [2.75, 3.05) is 11.9 Å². The summed E-state index contributed by atoms with van der Waals surface area (Å²) in [6.07, 6.45) is -0.232. The molecule has 2 aliphatic heterocycles. The molecule has 27 heavy (non-hydrogen) atoms. The average molecular weight is 359 g/mol. The molecule has 0 spiro atoms. The lowest BCUT2D eigenvalue weighted by atomic mass is 9.73. The number of benzene rings is 2. The molecule has 5 nitrogen and oxygen atoms in total. The Labute approximate surface area is 158 Å². The van der Waals surface area contributed by atoms with Gasteiger partial charge >= 0.3 is 0 Å². The molecule has 0 aliphatic carbocycles. The number of carbonyl (C=O) groups excluding carboxylic acids is 1. The standard InChI is InChI=1S/C22H21N3O2/c1-13-18-20-16-11-7-8-12-17(16)24(3)21(26)19(20)14(2)27-22(18)25(23-13)15-9-5-4-6-10-15/h4-12,14,19-20H,1-3H3/t14-,19-,20+/m1/s1. The van der Waals surface area contributed by atoms with E-state index >= 15 is 0 Å². The maximum atomic E-state index is 13.1. The predicted octanol–water partition coefficient (Wildman–Crippen LogP) is 3.69. The van der Waals surface area contributed by atoms with E-state index in [1.807, 2.05) is 74.1 Å². The highest BCUT2D eigenvalue weighted by atomic mass is 16.5. The van der Waals surface area contributed by atoms with E-state index in [-0.39, 0.29) is 23.8 Å². The smallest absolute Gasteiger partial charge is 0.234 e. The van der Waals surface area contributed by atoms with Gasteiger partial charge in [0.05, 0.1) is 17.3 Å². The van der Waals surface area contributed by atoms with Crippen LogP contribution in [0.15, 0.2) is 54.6 Å². The van der Waals surface area contributed by atoms with E-state index in [4.69, 9.17) is 9.84 Å². The van der Waals surface area contributed by atoms with Gasteiger partial charge in [-0.1, -0.05) is 36.4 Å².